The molecule has 1 saturated heterocycles. The van der Waals surface area contributed by atoms with Crippen molar-refractivity contribution < 1.29 is 9.59 Å². The zero-order valence-corrected chi connectivity index (χ0v) is 14.1. The number of nitrogens with one attached hydrogen (secondary N) is 1. The van der Waals surface area contributed by atoms with Crippen LogP contribution in [0, 0.1) is 11.8 Å². The Morgan fingerprint density at radius 3 is 2.67 bits per heavy atom. The molecule has 1 saturated carbocycles. The molecule has 1 aromatic carbocycles. The summed E-state index contributed by atoms with van der Waals surface area (Å²) in [5.41, 5.74) is 6.49. The normalized spacial score (nSPS) is 27.0. The van der Waals surface area contributed by atoms with Gasteiger partial charge in [-0.1, -0.05) is 24.6 Å². The molecule has 3 rings (SSSR count). The molecule has 0 bridgehead atoms. The van der Waals surface area contributed by atoms with Gasteiger partial charge in [0.15, 0.2) is 0 Å². The highest BCUT2D eigenvalue weighted by Crippen LogP contribution is 2.26. The second-order valence-corrected chi connectivity index (χ2v) is 7.00. The molecular formula is C19H27N3O2. The third kappa shape index (κ3) is 3.78. The minimum Gasteiger partial charge on any atom is -0.353 e. The van der Waals surface area contributed by atoms with E-state index in [1.807, 2.05) is 35.2 Å². The number of carbonyl (C=O) groups is 2. The molecule has 2 aliphatic rings. The molecular weight excluding hydrogens is 302 g/mol. The van der Waals surface area contributed by atoms with Crippen molar-refractivity contribution in [2.45, 2.75) is 38.1 Å². The van der Waals surface area contributed by atoms with Gasteiger partial charge < -0.3 is 16.0 Å². The molecule has 2 amide bonds. The molecule has 2 fully saturated rings. The lowest BCUT2D eigenvalue weighted by Gasteiger charge is -2.33. The fourth-order valence-corrected chi connectivity index (χ4v) is 3.95. The van der Waals surface area contributed by atoms with Crippen molar-refractivity contribution in [2.24, 2.45) is 17.6 Å². The molecule has 5 nitrogen and oxygen atoms in total. The fraction of sp³-hybridized carbons (Fsp3) is 0.579. The lowest BCUT2D eigenvalue weighted by molar-refractivity contribution is -0.127. The van der Waals surface area contributed by atoms with E-state index in [9.17, 15) is 9.59 Å². The van der Waals surface area contributed by atoms with Gasteiger partial charge in [0.25, 0.3) is 5.91 Å². The Balaban J connectivity index is 1.59. The van der Waals surface area contributed by atoms with Crippen LogP contribution < -0.4 is 11.1 Å². The molecule has 0 radical (unpaired) electrons. The molecule has 3 atom stereocenters. The van der Waals surface area contributed by atoms with E-state index in [1.165, 1.54) is 0 Å². The van der Waals surface area contributed by atoms with Crippen LogP contribution in [-0.2, 0) is 4.79 Å². The van der Waals surface area contributed by atoms with E-state index in [0.29, 0.717) is 24.6 Å². The smallest absolute Gasteiger partial charge is 0.253 e. The zero-order chi connectivity index (χ0) is 16.9. The summed E-state index contributed by atoms with van der Waals surface area (Å²) in [6, 6.07) is 9.51. The van der Waals surface area contributed by atoms with Crippen molar-refractivity contribution in [1.82, 2.24) is 10.2 Å². The van der Waals surface area contributed by atoms with Crippen molar-refractivity contribution in [3.63, 3.8) is 0 Å². The van der Waals surface area contributed by atoms with Crippen molar-refractivity contribution in [1.29, 1.82) is 0 Å². The van der Waals surface area contributed by atoms with Gasteiger partial charge in [-0.3, -0.25) is 9.59 Å². The van der Waals surface area contributed by atoms with Crippen LogP contribution >= 0.6 is 0 Å². The Labute approximate surface area is 143 Å². The van der Waals surface area contributed by atoms with Crippen LogP contribution in [0.4, 0.5) is 0 Å². The first kappa shape index (κ1) is 17.0. The molecule has 130 valence electrons. The molecule has 1 heterocycles. The number of piperidine rings is 1. The number of nitrogens with two attached hydrogens (primary N) is 1. The number of likely N-dealkylation sites (tertiary alicyclic amines) is 1. The number of nitrogens with zero attached hydrogens (tertiary/aromatic N) is 1. The van der Waals surface area contributed by atoms with Gasteiger partial charge in [0.1, 0.15) is 0 Å². The highest BCUT2D eigenvalue weighted by molar-refractivity contribution is 5.94. The topological polar surface area (TPSA) is 75.4 Å². The van der Waals surface area contributed by atoms with E-state index < -0.39 is 0 Å². The van der Waals surface area contributed by atoms with Gasteiger partial charge in [0, 0.05) is 24.7 Å². The maximum absolute atomic E-state index is 12.6. The number of hydrogen-bond acceptors (Lipinski definition) is 3. The Bertz CT molecular complexity index is 575. The third-order valence-corrected chi connectivity index (χ3v) is 5.39. The predicted molar refractivity (Wildman–Crippen MR) is 93.4 cm³/mol. The minimum atomic E-state index is -0.106. The molecule has 5 heteroatoms. The van der Waals surface area contributed by atoms with Crippen LogP contribution in [0.3, 0.4) is 0 Å². The van der Waals surface area contributed by atoms with Crippen LogP contribution in [0.2, 0.25) is 0 Å². The minimum absolute atomic E-state index is 0.0220. The summed E-state index contributed by atoms with van der Waals surface area (Å²) < 4.78 is 0. The molecule has 0 spiro atoms. The summed E-state index contributed by atoms with van der Waals surface area (Å²) in [6.07, 6.45) is 4.99. The Kier molecular flexibility index (Phi) is 5.51. The number of carbonyl (C=O) groups excluding carboxylic acids is 2. The average Bonchev–Trinajstić information content (AvgIpc) is 3.09. The number of benzene rings is 1. The summed E-state index contributed by atoms with van der Waals surface area (Å²) in [5.74, 6) is 0.407. The Morgan fingerprint density at radius 1 is 1.12 bits per heavy atom. The largest absolute Gasteiger partial charge is 0.353 e. The van der Waals surface area contributed by atoms with Gasteiger partial charge in [-0.25, -0.2) is 0 Å². The number of hydrogen-bond donors (Lipinski definition) is 2. The van der Waals surface area contributed by atoms with Crippen LogP contribution in [0.15, 0.2) is 30.3 Å². The van der Waals surface area contributed by atoms with Gasteiger partial charge in [-0.05, 0) is 50.3 Å². The lowest BCUT2D eigenvalue weighted by atomic mass is 9.95. The Hall–Kier alpha value is -1.88. The lowest BCUT2D eigenvalue weighted by Crippen LogP contribution is -2.48. The first-order valence-electron chi connectivity index (χ1n) is 9.04. The summed E-state index contributed by atoms with van der Waals surface area (Å²) >= 11 is 0. The average molecular weight is 329 g/mol. The molecule has 24 heavy (non-hydrogen) atoms. The molecule has 3 N–H and O–H groups in total. The third-order valence-electron chi connectivity index (χ3n) is 5.39. The summed E-state index contributed by atoms with van der Waals surface area (Å²) in [4.78, 5) is 27.0. The van der Waals surface area contributed by atoms with E-state index in [-0.39, 0.29) is 23.8 Å². The predicted octanol–water partition coefficient (Wildman–Crippen LogP) is 1.78. The van der Waals surface area contributed by atoms with E-state index >= 15 is 0 Å². The maximum atomic E-state index is 12.6. The number of rotatable bonds is 4. The van der Waals surface area contributed by atoms with Crippen molar-refractivity contribution in [3.8, 4) is 0 Å². The number of amides is 2. The van der Waals surface area contributed by atoms with E-state index in [1.54, 1.807) is 0 Å². The van der Waals surface area contributed by atoms with Crippen LogP contribution in [0.5, 0.6) is 0 Å². The summed E-state index contributed by atoms with van der Waals surface area (Å²) in [5, 5.41) is 3.19. The van der Waals surface area contributed by atoms with Crippen LogP contribution in [0.25, 0.3) is 0 Å². The van der Waals surface area contributed by atoms with Gasteiger partial charge in [-0.2, -0.15) is 0 Å². The van der Waals surface area contributed by atoms with E-state index in [0.717, 1.165) is 38.6 Å². The SMILES string of the molecule is NCC1CCCC1NC(=O)C1CCCN(C(=O)c2ccccc2)C1. The zero-order valence-electron chi connectivity index (χ0n) is 14.1. The van der Waals surface area contributed by atoms with Crippen LogP contribution in [0.1, 0.15) is 42.5 Å². The first-order chi connectivity index (χ1) is 11.7. The van der Waals surface area contributed by atoms with Gasteiger partial charge in [0.2, 0.25) is 5.91 Å². The summed E-state index contributed by atoms with van der Waals surface area (Å²) in [6.45, 7) is 1.88. The molecule has 1 aliphatic heterocycles. The van der Waals surface area contributed by atoms with Crippen molar-refractivity contribution >= 4 is 11.8 Å². The fourth-order valence-electron chi connectivity index (χ4n) is 3.95. The monoisotopic (exact) mass is 329 g/mol. The molecule has 1 aromatic rings. The van der Waals surface area contributed by atoms with E-state index in [2.05, 4.69) is 5.32 Å². The van der Waals surface area contributed by atoms with Gasteiger partial charge >= 0.3 is 0 Å². The van der Waals surface area contributed by atoms with Crippen LogP contribution in [-0.4, -0.2) is 42.4 Å². The second-order valence-electron chi connectivity index (χ2n) is 7.00. The second kappa shape index (κ2) is 7.79. The van der Waals surface area contributed by atoms with E-state index in [4.69, 9.17) is 5.73 Å². The molecule has 1 aliphatic carbocycles. The highest BCUT2D eigenvalue weighted by Gasteiger charge is 2.33. The quantitative estimate of drug-likeness (QED) is 0.884. The maximum Gasteiger partial charge on any atom is 0.253 e. The molecule has 3 unspecified atom stereocenters. The Morgan fingerprint density at radius 2 is 1.92 bits per heavy atom. The van der Waals surface area contributed by atoms with Gasteiger partial charge in [0.05, 0.1) is 5.92 Å². The highest BCUT2D eigenvalue weighted by atomic mass is 16.2. The van der Waals surface area contributed by atoms with Gasteiger partial charge in [-0.15, -0.1) is 0 Å². The molecule has 0 aromatic heterocycles. The van der Waals surface area contributed by atoms with Crippen molar-refractivity contribution in [3.05, 3.63) is 35.9 Å². The standard InChI is InChI=1S/C19H27N3O2/c20-12-15-8-4-10-17(15)21-18(23)16-9-5-11-22(13-16)19(24)14-6-2-1-3-7-14/h1-3,6-7,15-17H,4-5,8-13,20H2,(H,21,23). The van der Waals surface area contributed by atoms with Crippen molar-refractivity contribution in [2.75, 3.05) is 19.6 Å². The first-order valence-corrected chi connectivity index (χ1v) is 9.04. The summed E-state index contributed by atoms with van der Waals surface area (Å²) in [7, 11) is 0.